The van der Waals surface area contributed by atoms with E-state index >= 15 is 0 Å². The Morgan fingerprint density at radius 2 is 2.33 bits per heavy atom. The predicted molar refractivity (Wildman–Crippen MR) is 72.0 cm³/mol. The van der Waals surface area contributed by atoms with E-state index in [1.807, 2.05) is 0 Å². The molecule has 2 aromatic rings. The maximum Gasteiger partial charge on any atom is 0.264 e. The number of nitrogens with two attached hydrogens (primary N) is 1. The summed E-state index contributed by atoms with van der Waals surface area (Å²) in [5.41, 5.74) is 6.18. The standard InChI is InChI=1S/C13H11FN2OS/c1-2-3-6-16-13(17)12-11(15)9-7-8(14)4-5-10(9)18-12/h4-5,7H,6,15H2,1H3,(H,16,17). The van der Waals surface area contributed by atoms with Gasteiger partial charge in [0.15, 0.2) is 0 Å². The molecule has 1 aromatic heterocycles. The summed E-state index contributed by atoms with van der Waals surface area (Å²) in [6.45, 7) is 1.97. The summed E-state index contributed by atoms with van der Waals surface area (Å²) in [5.74, 6) is 4.77. The molecule has 0 spiro atoms. The highest BCUT2D eigenvalue weighted by Crippen LogP contribution is 2.33. The first kappa shape index (κ1) is 12.4. The molecule has 1 heterocycles. The molecule has 92 valence electrons. The number of benzene rings is 1. The van der Waals surface area contributed by atoms with Gasteiger partial charge in [0.25, 0.3) is 5.91 Å². The second-order valence-electron chi connectivity index (χ2n) is 3.59. The Morgan fingerprint density at radius 3 is 3.06 bits per heavy atom. The first-order valence-corrected chi connectivity index (χ1v) is 6.10. The highest BCUT2D eigenvalue weighted by molar-refractivity contribution is 7.21. The maximum absolute atomic E-state index is 13.1. The molecule has 0 bridgehead atoms. The van der Waals surface area contributed by atoms with Gasteiger partial charge in [0.2, 0.25) is 0 Å². The van der Waals surface area contributed by atoms with E-state index in [2.05, 4.69) is 17.2 Å². The quantitative estimate of drug-likeness (QED) is 0.816. The Hall–Kier alpha value is -2.06. The Bertz CT molecular complexity index is 667. The van der Waals surface area contributed by atoms with Gasteiger partial charge in [-0.25, -0.2) is 4.39 Å². The lowest BCUT2D eigenvalue weighted by molar-refractivity contribution is 0.0963. The van der Waals surface area contributed by atoms with Crippen LogP contribution in [0.15, 0.2) is 18.2 Å². The van der Waals surface area contributed by atoms with E-state index in [1.165, 1.54) is 23.5 Å². The van der Waals surface area contributed by atoms with Crippen LogP contribution in [0.3, 0.4) is 0 Å². The maximum atomic E-state index is 13.1. The molecule has 1 amide bonds. The van der Waals surface area contributed by atoms with Gasteiger partial charge in [-0.15, -0.1) is 17.3 Å². The molecule has 0 saturated carbocycles. The van der Waals surface area contributed by atoms with E-state index in [0.717, 1.165) is 4.70 Å². The summed E-state index contributed by atoms with van der Waals surface area (Å²) in [5, 5.41) is 3.22. The third-order valence-corrected chi connectivity index (χ3v) is 3.59. The zero-order valence-corrected chi connectivity index (χ0v) is 10.5. The number of halogens is 1. The van der Waals surface area contributed by atoms with Gasteiger partial charge in [0, 0.05) is 10.1 Å². The number of hydrogen-bond donors (Lipinski definition) is 2. The second kappa shape index (κ2) is 5.07. The van der Waals surface area contributed by atoms with Crippen LogP contribution in [0.5, 0.6) is 0 Å². The van der Waals surface area contributed by atoms with Gasteiger partial charge in [-0.05, 0) is 25.1 Å². The van der Waals surface area contributed by atoms with Gasteiger partial charge >= 0.3 is 0 Å². The third kappa shape index (κ3) is 2.29. The van der Waals surface area contributed by atoms with E-state index < -0.39 is 0 Å². The number of carbonyl (C=O) groups excluding carboxylic acids is 1. The van der Waals surface area contributed by atoms with Crippen molar-refractivity contribution in [3.63, 3.8) is 0 Å². The molecule has 2 rings (SSSR count). The topological polar surface area (TPSA) is 55.1 Å². The summed E-state index contributed by atoms with van der Waals surface area (Å²) in [4.78, 5) is 12.2. The minimum Gasteiger partial charge on any atom is -0.397 e. The minimum atomic E-state index is -0.365. The van der Waals surface area contributed by atoms with Crippen LogP contribution in [0, 0.1) is 17.7 Å². The van der Waals surface area contributed by atoms with E-state index in [-0.39, 0.29) is 18.3 Å². The number of nitrogens with one attached hydrogen (secondary N) is 1. The first-order valence-electron chi connectivity index (χ1n) is 5.29. The second-order valence-corrected chi connectivity index (χ2v) is 4.65. The molecule has 0 radical (unpaired) electrons. The SMILES string of the molecule is CC#CCNC(=O)c1sc2ccc(F)cc2c1N. The van der Waals surface area contributed by atoms with Crippen molar-refractivity contribution in [1.82, 2.24) is 5.32 Å². The zero-order chi connectivity index (χ0) is 13.1. The number of rotatable bonds is 2. The molecule has 0 atom stereocenters. The third-order valence-electron chi connectivity index (χ3n) is 2.41. The van der Waals surface area contributed by atoms with Gasteiger partial charge in [-0.1, -0.05) is 5.92 Å². The van der Waals surface area contributed by atoms with E-state index in [9.17, 15) is 9.18 Å². The fourth-order valence-corrected chi connectivity index (χ4v) is 2.57. The zero-order valence-electron chi connectivity index (χ0n) is 9.71. The summed E-state index contributed by atoms with van der Waals surface area (Å²) in [6, 6.07) is 4.31. The van der Waals surface area contributed by atoms with E-state index in [1.54, 1.807) is 13.0 Å². The average Bonchev–Trinajstić information content (AvgIpc) is 2.67. The number of nitrogen functional groups attached to an aromatic ring is 1. The van der Waals surface area contributed by atoms with Crippen LogP contribution in [0.25, 0.3) is 10.1 Å². The molecule has 0 aliphatic heterocycles. The first-order chi connectivity index (χ1) is 8.63. The molecule has 18 heavy (non-hydrogen) atoms. The lowest BCUT2D eigenvalue weighted by Crippen LogP contribution is -2.23. The molecule has 1 aromatic carbocycles. The summed E-state index contributed by atoms with van der Waals surface area (Å²) in [7, 11) is 0. The minimum absolute atomic E-state index is 0.275. The predicted octanol–water partition coefficient (Wildman–Crippen LogP) is 2.38. The van der Waals surface area contributed by atoms with Gasteiger partial charge in [-0.2, -0.15) is 0 Å². The lowest BCUT2D eigenvalue weighted by atomic mass is 10.2. The lowest BCUT2D eigenvalue weighted by Gasteiger charge is -1.99. The molecule has 0 aliphatic rings. The normalized spacial score (nSPS) is 9.89. The number of amides is 1. The van der Waals surface area contributed by atoms with Crippen molar-refractivity contribution >= 4 is 33.0 Å². The van der Waals surface area contributed by atoms with Crippen molar-refractivity contribution in [1.29, 1.82) is 0 Å². The fraction of sp³-hybridized carbons (Fsp3) is 0.154. The summed E-state index contributed by atoms with van der Waals surface area (Å²) in [6.07, 6.45) is 0. The number of hydrogen-bond acceptors (Lipinski definition) is 3. The van der Waals surface area contributed by atoms with Gasteiger partial charge in [0.1, 0.15) is 10.7 Å². The van der Waals surface area contributed by atoms with Crippen molar-refractivity contribution in [2.75, 3.05) is 12.3 Å². The molecule has 0 fully saturated rings. The fourth-order valence-electron chi connectivity index (χ4n) is 1.55. The molecule has 0 saturated heterocycles. The Kier molecular flexibility index (Phi) is 3.49. The van der Waals surface area contributed by atoms with Crippen LogP contribution < -0.4 is 11.1 Å². The number of thiophene rings is 1. The molecule has 0 aliphatic carbocycles. The van der Waals surface area contributed by atoms with Crippen molar-refractivity contribution in [2.24, 2.45) is 0 Å². The highest BCUT2D eigenvalue weighted by Gasteiger charge is 2.16. The van der Waals surface area contributed by atoms with Crippen LogP contribution in [0.2, 0.25) is 0 Å². The Morgan fingerprint density at radius 1 is 1.56 bits per heavy atom. The van der Waals surface area contributed by atoms with Crippen molar-refractivity contribution < 1.29 is 9.18 Å². The van der Waals surface area contributed by atoms with E-state index in [0.29, 0.717) is 16.0 Å². The molecule has 3 N–H and O–H groups in total. The number of anilines is 1. The molecule has 5 heteroatoms. The van der Waals surface area contributed by atoms with Crippen LogP contribution in [0.1, 0.15) is 16.6 Å². The van der Waals surface area contributed by atoms with Crippen LogP contribution in [0.4, 0.5) is 10.1 Å². The monoisotopic (exact) mass is 262 g/mol. The Balaban J connectivity index is 2.35. The van der Waals surface area contributed by atoms with Crippen molar-refractivity contribution in [3.05, 3.63) is 28.9 Å². The van der Waals surface area contributed by atoms with Crippen LogP contribution in [-0.4, -0.2) is 12.5 Å². The van der Waals surface area contributed by atoms with Gasteiger partial charge < -0.3 is 11.1 Å². The average molecular weight is 262 g/mol. The number of fused-ring (bicyclic) bond motifs is 1. The van der Waals surface area contributed by atoms with Crippen LogP contribution >= 0.6 is 11.3 Å². The van der Waals surface area contributed by atoms with Gasteiger partial charge in [-0.3, -0.25) is 4.79 Å². The number of carbonyl (C=O) groups is 1. The molecule has 0 unspecified atom stereocenters. The smallest absolute Gasteiger partial charge is 0.264 e. The molecular formula is C13H11FN2OS. The van der Waals surface area contributed by atoms with Crippen molar-refractivity contribution in [2.45, 2.75) is 6.92 Å². The van der Waals surface area contributed by atoms with Crippen molar-refractivity contribution in [3.8, 4) is 11.8 Å². The summed E-state index contributed by atoms with van der Waals surface area (Å²) < 4.78 is 13.9. The molecule has 3 nitrogen and oxygen atoms in total. The summed E-state index contributed by atoms with van der Waals surface area (Å²) >= 11 is 1.25. The Labute approximate surface area is 108 Å². The van der Waals surface area contributed by atoms with Crippen LogP contribution in [-0.2, 0) is 0 Å². The van der Waals surface area contributed by atoms with Gasteiger partial charge in [0.05, 0.1) is 12.2 Å². The van der Waals surface area contributed by atoms with E-state index in [4.69, 9.17) is 5.73 Å². The highest BCUT2D eigenvalue weighted by atomic mass is 32.1. The molecular weight excluding hydrogens is 251 g/mol. The largest absolute Gasteiger partial charge is 0.397 e.